The predicted molar refractivity (Wildman–Crippen MR) is 74.2 cm³/mol. The zero-order valence-corrected chi connectivity index (χ0v) is 10.7. The van der Waals surface area contributed by atoms with Crippen LogP contribution in [0.1, 0.15) is 16.8 Å². The van der Waals surface area contributed by atoms with Crippen molar-refractivity contribution in [1.82, 2.24) is 15.0 Å². The number of nitrogens with two attached hydrogens (primary N) is 1. The summed E-state index contributed by atoms with van der Waals surface area (Å²) in [5, 5.41) is 3.17. The number of nitrogens with zero attached hydrogens (tertiary/aromatic N) is 3. The quantitative estimate of drug-likeness (QED) is 0.809. The Labute approximate surface area is 110 Å². The smallest absolute Gasteiger partial charge is 0.155 e. The fourth-order valence-electron chi connectivity index (χ4n) is 1.51. The highest BCUT2D eigenvalue weighted by molar-refractivity contribution is 7.80. The van der Waals surface area contributed by atoms with Gasteiger partial charge in [0.15, 0.2) is 5.82 Å². The van der Waals surface area contributed by atoms with Crippen LogP contribution in [0.3, 0.4) is 0 Å². The minimum atomic E-state index is 0.230. The van der Waals surface area contributed by atoms with Crippen molar-refractivity contribution in [2.24, 2.45) is 5.73 Å². The number of aryl methyl sites for hydroxylation is 1. The van der Waals surface area contributed by atoms with Gasteiger partial charge in [-0.05, 0) is 24.1 Å². The summed E-state index contributed by atoms with van der Waals surface area (Å²) in [5.41, 5.74) is 8.36. The molecule has 92 valence electrons. The Hall–Kier alpha value is -2.08. The van der Waals surface area contributed by atoms with Crippen LogP contribution >= 0.6 is 12.2 Å². The molecule has 0 unspecified atom stereocenters. The van der Waals surface area contributed by atoms with Gasteiger partial charge < -0.3 is 11.1 Å². The van der Waals surface area contributed by atoms with E-state index in [0.29, 0.717) is 18.1 Å². The van der Waals surface area contributed by atoms with Crippen LogP contribution < -0.4 is 11.1 Å². The molecule has 3 N–H and O–H groups in total. The maximum Gasteiger partial charge on any atom is 0.155 e. The minimum Gasteiger partial charge on any atom is -0.388 e. The Balaban J connectivity index is 2.16. The molecule has 0 aromatic carbocycles. The first kappa shape index (κ1) is 12.4. The zero-order valence-electron chi connectivity index (χ0n) is 9.92. The van der Waals surface area contributed by atoms with Crippen molar-refractivity contribution in [3.05, 3.63) is 47.7 Å². The van der Waals surface area contributed by atoms with E-state index in [1.165, 1.54) is 5.56 Å². The average Bonchev–Trinajstić information content (AvgIpc) is 2.38. The number of hydrogen-bond donors (Lipinski definition) is 2. The first-order chi connectivity index (χ1) is 8.68. The predicted octanol–water partition coefficient (Wildman–Crippen LogP) is 1.43. The molecule has 0 amide bonds. The van der Waals surface area contributed by atoms with Gasteiger partial charge in [-0.25, -0.2) is 9.97 Å². The number of anilines is 1. The highest BCUT2D eigenvalue weighted by Crippen LogP contribution is 2.11. The van der Waals surface area contributed by atoms with Gasteiger partial charge in [0, 0.05) is 31.3 Å². The molecule has 6 heteroatoms. The van der Waals surface area contributed by atoms with Gasteiger partial charge >= 0.3 is 0 Å². The molecule has 0 bridgehead atoms. The summed E-state index contributed by atoms with van der Waals surface area (Å²) in [5.74, 6) is 0.591. The number of pyridine rings is 1. The van der Waals surface area contributed by atoms with E-state index in [2.05, 4.69) is 20.3 Å². The molecule has 2 heterocycles. The fourth-order valence-corrected chi connectivity index (χ4v) is 1.66. The van der Waals surface area contributed by atoms with Crippen LogP contribution in [0.25, 0.3) is 0 Å². The minimum absolute atomic E-state index is 0.230. The van der Waals surface area contributed by atoms with Crippen molar-refractivity contribution >= 4 is 23.0 Å². The van der Waals surface area contributed by atoms with Gasteiger partial charge in [-0.3, -0.25) is 4.98 Å². The molecule has 0 saturated heterocycles. The standard InChI is InChI=1S/C12H13N5S/c1-8-2-3-14-6-9(8)7-17-12-10(11(13)18)15-4-5-16-12/h2-6H,7H2,1H3,(H2,13,18)(H,16,17). The third-order valence-electron chi connectivity index (χ3n) is 2.53. The lowest BCUT2D eigenvalue weighted by Crippen LogP contribution is -2.16. The molecule has 0 aliphatic heterocycles. The number of aromatic nitrogens is 3. The molecule has 2 aromatic rings. The van der Waals surface area contributed by atoms with Crippen molar-refractivity contribution in [3.8, 4) is 0 Å². The second-order valence-corrected chi connectivity index (χ2v) is 4.21. The van der Waals surface area contributed by atoms with Gasteiger partial charge in [0.25, 0.3) is 0 Å². The molecule has 0 aliphatic rings. The Morgan fingerprint density at radius 3 is 2.83 bits per heavy atom. The van der Waals surface area contributed by atoms with Gasteiger partial charge in [0.1, 0.15) is 10.7 Å². The van der Waals surface area contributed by atoms with Crippen molar-refractivity contribution in [1.29, 1.82) is 0 Å². The number of thiocarbonyl (C=S) groups is 1. The lowest BCUT2D eigenvalue weighted by atomic mass is 10.1. The maximum atomic E-state index is 5.59. The molecule has 2 aromatic heterocycles. The zero-order chi connectivity index (χ0) is 13.0. The largest absolute Gasteiger partial charge is 0.388 e. The summed E-state index contributed by atoms with van der Waals surface area (Å²) in [6.07, 6.45) is 6.75. The third kappa shape index (κ3) is 2.78. The maximum absolute atomic E-state index is 5.59. The van der Waals surface area contributed by atoms with E-state index in [1.807, 2.05) is 19.2 Å². The highest BCUT2D eigenvalue weighted by Gasteiger charge is 2.07. The molecule has 18 heavy (non-hydrogen) atoms. The van der Waals surface area contributed by atoms with Gasteiger partial charge in [-0.2, -0.15) is 0 Å². The number of hydrogen-bond acceptors (Lipinski definition) is 5. The molecule has 5 nitrogen and oxygen atoms in total. The highest BCUT2D eigenvalue weighted by atomic mass is 32.1. The average molecular weight is 259 g/mol. The summed E-state index contributed by atoms with van der Waals surface area (Å²) in [4.78, 5) is 12.6. The molecule has 0 aliphatic carbocycles. The second kappa shape index (κ2) is 5.50. The van der Waals surface area contributed by atoms with Crippen LogP contribution in [0.15, 0.2) is 30.9 Å². The fraction of sp³-hybridized carbons (Fsp3) is 0.167. The summed E-state index contributed by atoms with van der Waals surface area (Å²) >= 11 is 4.93. The van der Waals surface area contributed by atoms with Crippen LogP contribution in [-0.4, -0.2) is 19.9 Å². The summed E-state index contributed by atoms with van der Waals surface area (Å²) < 4.78 is 0. The topological polar surface area (TPSA) is 76.7 Å². The lowest BCUT2D eigenvalue weighted by Gasteiger charge is -2.10. The molecule has 2 rings (SSSR count). The Kier molecular flexibility index (Phi) is 3.78. The Morgan fingerprint density at radius 1 is 1.33 bits per heavy atom. The SMILES string of the molecule is Cc1ccncc1CNc1nccnc1C(N)=S. The molecular weight excluding hydrogens is 246 g/mol. The normalized spacial score (nSPS) is 10.1. The molecule has 0 spiro atoms. The van der Waals surface area contributed by atoms with Crippen LogP contribution in [0, 0.1) is 6.92 Å². The number of rotatable bonds is 4. The Bertz CT molecular complexity index is 570. The lowest BCUT2D eigenvalue weighted by molar-refractivity contribution is 1.04. The van der Waals surface area contributed by atoms with Gasteiger partial charge in [-0.1, -0.05) is 12.2 Å². The van der Waals surface area contributed by atoms with E-state index in [4.69, 9.17) is 18.0 Å². The van der Waals surface area contributed by atoms with Crippen LogP contribution in [0.4, 0.5) is 5.82 Å². The van der Waals surface area contributed by atoms with Gasteiger partial charge in [-0.15, -0.1) is 0 Å². The molecule has 0 radical (unpaired) electrons. The van der Waals surface area contributed by atoms with Crippen molar-refractivity contribution in [2.45, 2.75) is 13.5 Å². The molecule has 0 saturated carbocycles. The van der Waals surface area contributed by atoms with Gasteiger partial charge in [0.2, 0.25) is 0 Å². The van der Waals surface area contributed by atoms with E-state index in [-0.39, 0.29) is 4.99 Å². The monoisotopic (exact) mass is 259 g/mol. The van der Waals surface area contributed by atoms with Crippen LogP contribution in [-0.2, 0) is 6.54 Å². The summed E-state index contributed by atoms with van der Waals surface area (Å²) in [6.45, 7) is 2.64. The Morgan fingerprint density at radius 2 is 2.11 bits per heavy atom. The van der Waals surface area contributed by atoms with Crippen LogP contribution in [0.2, 0.25) is 0 Å². The molecule has 0 fully saturated rings. The second-order valence-electron chi connectivity index (χ2n) is 3.77. The molecule has 0 atom stereocenters. The van der Waals surface area contributed by atoms with E-state index >= 15 is 0 Å². The van der Waals surface area contributed by atoms with E-state index in [9.17, 15) is 0 Å². The van der Waals surface area contributed by atoms with E-state index < -0.39 is 0 Å². The van der Waals surface area contributed by atoms with E-state index in [0.717, 1.165) is 5.56 Å². The van der Waals surface area contributed by atoms with E-state index in [1.54, 1.807) is 18.6 Å². The summed E-state index contributed by atoms with van der Waals surface area (Å²) in [6, 6.07) is 1.96. The molecular formula is C12H13N5S. The summed E-state index contributed by atoms with van der Waals surface area (Å²) in [7, 11) is 0. The first-order valence-electron chi connectivity index (χ1n) is 5.42. The van der Waals surface area contributed by atoms with Crippen molar-refractivity contribution in [2.75, 3.05) is 5.32 Å². The number of nitrogens with one attached hydrogen (secondary N) is 1. The van der Waals surface area contributed by atoms with Gasteiger partial charge in [0.05, 0.1) is 0 Å². The van der Waals surface area contributed by atoms with Crippen molar-refractivity contribution < 1.29 is 0 Å². The first-order valence-corrected chi connectivity index (χ1v) is 5.83. The van der Waals surface area contributed by atoms with Crippen molar-refractivity contribution in [3.63, 3.8) is 0 Å². The third-order valence-corrected chi connectivity index (χ3v) is 2.72. The van der Waals surface area contributed by atoms with Crippen LogP contribution in [0.5, 0.6) is 0 Å².